The number of urea groups is 1. The second kappa shape index (κ2) is 10.0. The maximum absolute atomic E-state index is 12.8. The van der Waals surface area contributed by atoms with Crippen LogP contribution in [-0.4, -0.2) is 52.3 Å². The van der Waals surface area contributed by atoms with E-state index >= 15 is 0 Å². The summed E-state index contributed by atoms with van der Waals surface area (Å²) in [5.41, 5.74) is 1.81. The molecule has 4 rings (SSSR count). The number of carbonyl (C=O) groups excluding carboxylic acids is 1. The number of rotatable bonds is 10. The number of pyridine rings is 1. The lowest BCUT2D eigenvalue weighted by molar-refractivity contribution is 0.177. The van der Waals surface area contributed by atoms with E-state index in [4.69, 9.17) is 9.26 Å². The van der Waals surface area contributed by atoms with Gasteiger partial charge < -0.3 is 14.2 Å². The summed E-state index contributed by atoms with van der Waals surface area (Å²) in [6.45, 7) is 9.21. The molecule has 1 aromatic carbocycles. The quantitative estimate of drug-likeness (QED) is 0.413. The maximum Gasteiger partial charge on any atom is 0.324 e. The molecule has 1 saturated heterocycles. The van der Waals surface area contributed by atoms with Crippen LogP contribution in [0.15, 0.2) is 53.3 Å². The Hall–Kier alpha value is -3.42. The molecule has 0 spiro atoms. The molecule has 174 valence electrons. The summed E-state index contributed by atoms with van der Waals surface area (Å²) in [5.74, 6) is 2.05. The van der Waals surface area contributed by atoms with E-state index in [2.05, 4.69) is 29.0 Å². The molecule has 3 aromatic rings. The molecule has 1 aliphatic rings. The van der Waals surface area contributed by atoms with Gasteiger partial charge in [0, 0.05) is 49.7 Å². The highest BCUT2D eigenvalue weighted by Gasteiger charge is 2.33. The van der Waals surface area contributed by atoms with Crippen LogP contribution in [0.1, 0.15) is 39.5 Å². The third-order valence-corrected chi connectivity index (χ3v) is 5.84. The molecular weight excluding hydrogens is 418 g/mol. The molecule has 2 amide bonds. The van der Waals surface area contributed by atoms with Gasteiger partial charge in [-0.3, -0.25) is 9.88 Å². The molecule has 8 heteroatoms. The summed E-state index contributed by atoms with van der Waals surface area (Å²) >= 11 is 0. The largest absolute Gasteiger partial charge is 0.494 e. The first kappa shape index (κ1) is 22.8. The minimum Gasteiger partial charge on any atom is -0.494 e. The number of aryl methyl sites for hydroxylation is 1. The molecule has 1 aliphatic heterocycles. The Balaban J connectivity index is 1.22. The van der Waals surface area contributed by atoms with E-state index in [0.29, 0.717) is 24.9 Å². The molecular formula is C25H31N5O3. The standard InChI is InChI=1S/C25H31N5O3/c1-4-22-27-23(28-33-22)19-6-8-21(9-7-19)32-17-5-12-25(2,3)18-29-15-16-30(24(29)31)20-10-13-26-14-11-20/h6-11,13-14H,4-5,12,15-18H2,1-3H3. The first-order valence-electron chi connectivity index (χ1n) is 11.5. The Kier molecular flexibility index (Phi) is 6.91. The van der Waals surface area contributed by atoms with Crippen LogP contribution < -0.4 is 9.64 Å². The normalized spacial score (nSPS) is 14.2. The van der Waals surface area contributed by atoms with Crippen molar-refractivity contribution in [3.63, 3.8) is 0 Å². The van der Waals surface area contributed by atoms with Crippen LogP contribution in [0, 0.1) is 5.41 Å². The zero-order valence-electron chi connectivity index (χ0n) is 19.5. The van der Waals surface area contributed by atoms with Crippen molar-refractivity contribution in [2.45, 2.75) is 40.0 Å². The second-order valence-corrected chi connectivity index (χ2v) is 9.07. The first-order valence-corrected chi connectivity index (χ1v) is 11.5. The van der Waals surface area contributed by atoms with Crippen molar-refractivity contribution in [3.8, 4) is 17.1 Å². The number of aromatic nitrogens is 3. The zero-order chi connectivity index (χ0) is 23.3. The number of nitrogens with zero attached hydrogens (tertiary/aromatic N) is 5. The van der Waals surface area contributed by atoms with Gasteiger partial charge in [0.05, 0.1) is 6.61 Å². The fourth-order valence-electron chi connectivity index (χ4n) is 4.05. The zero-order valence-corrected chi connectivity index (χ0v) is 19.5. The fraction of sp³-hybridized carbons (Fsp3) is 0.440. The van der Waals surface area contributed by atoms with Crippen molar-refractivity contribution in [1.82, 2.24) is 20.0 Å². The van der Waals surface area contributed by atoms with Gasteiger partial charge in [0.2, 0.25) is 11.7 Å². The van der Waals surface area contributed by atoms with Gasteiger partial charge in [0.1, 0.15) is 5.75 Å². The topological polar surface area (TPSA) is 84.6 Å². The van der Waals surface area contributed by atoms with Gasteiger partial charge in [-0.15, -0.1) is 0 Å². The van der Waals surface area contributed by atoms with Crippen LogP contribution in [0.25, 0.3) is 11.4 Å². The van der Waals surface area contributed by atoms with E-state index in [1.165, 1.54) is 0 Å². The number of hydrogen-bond donors (Lipinski definition) is 0. The minimum atomic E-state index is 0.00668. The summed E-state index contributed by atoms with van der Waals surface area (Å²) in [6, 6.07) is 11.6. The first-order chi connectivity index (χ1) is 15.9. The monoisotopic (exact) mass is 449 g/mol. The molecule has 0 atom stereocenters. The van der Waals surface area contributed by atoms with E-state index in [-0.39, 0.29) is 11.4 Å². The molecule has 0 saturated carbocycles. The predicted octanol–water partition coefficient (Wildman–Crippen LogP) is 4.82. The lowest BCUT2D eigenvalue weighted by atomic mass is 9.87. The Bertz CT molecular complexity index is 1050. The number of carbonyl (C=O) groups is 1. The number of ether oxygens (including phenoxy) is 1. The van der Waals surface area contributed by atoms with Gasteiger partial charge in [-0.05, 0) is 54.7 Å². The summed E-state index contributed by atoms with van der Waals surface area (Å²) in [5, 5.41) is 4.00. The average Bonchev–Trinajstić information content (AvgIpc) is 3.45. The Morgan fingerprint density at radius 3 is 2.55 bits per heavy atom. The number of anilines is 1. The number of hydrogen-bond acceptors (Lipinski definition) is 6. The molecule has 3 heterocycles. The summed E-state index contributed by atoms with van der Waals surface area (Å²) in [4.78, 5) is 25.0. The second-order valence-electron chi connectivity index (χ2n) is 9.07. The van der Waals surface area contributed by atoms with Gasteiger partial charge >= 0.3 is 6.03 Å². The van der Waals surface area contributed by atoms with Crippen LogP contribution in [0.3, 0.4) is 0 Å². The van der Waals surface area contributed by atoms with Crippen LogP contribution in [0.2, 0.25) is 0 Å². The highest BCUT2D eigenvalue weighted by atomic mass is 16.5. The van der Waals surface area contributed by atoms with E-state index < -0.39 is 0 Å². The van der Waals surface area contributed by atoms with Crippen molar-refractivity contribution in [2.75, 3.05) is 31.1 Å². The molecule has 33 heavy (non-hydrogen) atoms. The summed E-state index contributed by atoms with van der Waals surface area (Å²) in [7, 11) is 0. The molecule has 0 radical (unpaired) electrons. The molecule has 8 nitrogen and oxygen atoms in total. The van der Waals surface area contributed by atoms with Crippen LogP contribution >= 0.6 is 0 Å². The van der Waals surface area contributed by atoms with Crippen molar-refractivity contribution in [1.29, 1.82) is 0 Å². The molecule has 0 N–H and O–H groups in total. The lowest BCUT2D eigenvalue weighted by Gasteiger charge is -2.30. The maximum atomic E-state index is 12.8. The van der Waals surface area contributed by atoms with Crippen molar-refractivity contribution < 1.29 is 14.1 Å². The predicted molar refractivity (Wildman–Crippen MR) is 126 cm³/mol. The molecule has 0 aliphatic carbocycles. The van der Waals surface area contributed by atoms with Gasteiger partial charge in [-0.2, -0.15) is 4.98 Å². The Morgan fingerprint density at radius 2 is 1.85 bits per heavy atom. The summed E-state index contributed by atoms with van der Waals surface area (Å²) in [6.07, 6.45) is 6.04. The SMILES string of the molecule is CCc1nc(-c2ccc(OCCCC(C)(C)CN3CCN(c4ccncc4)C3=O)cc2)no1. The highest BCUT2D eigenvalue weighted by Crippen LogP contribution is 2.28. The van der Waals surface area contributed by atoms with Crippen molar-refractivity contribution in [2.24, 2.45) is 5.41 Å². The third-order valence-electron chi connectivity index (χ3n) is 5.84. The minimum absolute atomic E-state index is 0.00668. The smallest absolute Gasteiger partial charge is 0.324 e. The Labute approximate surface area is 194 Å². The van der Waals surface area contributed by atoms with E-state index in [0.717, 1.165) is 49.4 Å². The van der Waals surface area contributed by atoms with E-state index in [1.54, 1.807) is 12.4 Å². The van der Waals surface area contributed by atoms with E-state index in [9.17, 15) is 4.79 Å². The van der Waals surface area contributed by atoms with Gasteiger partial charge in [-0.25, -0.2) is 4.79 Å². The van der Waals surface area contributed by atoms with Crippen LogP contribution in [0.5, 0.6) is 5.75 Å². The molecule has 2 aromatic heterocycles. The number of amides is 2. The van der Waals surface area contributed by atoms with Gasteiger partial charge in [-0.1, -0.05) is 25.9 Å². The van der Waals surface area contributed by atoms with Crippen LogP contribution in [0.4, 0.5) is 10.5 Å². The van der Waals surface area contributed by atoms with E-state index in [1.807, 2.05) is 53.1 Å². The van der Waals surface area contributed by atoms with Crippen molar-refractivity contribution in [3.05, 3.63) is 54.7 Å². The van der Waals surface area contributed by atoms with Gasteiger partial charge in [0.25, 0.3) is 0 Å². The fourth-order valence-corrected chi connectivity index (χ4v) is 4.05. The van der Waals surface area contributed by atoms with Gasteiger partial charge in [0.15, 0.2) is 0 Å². The lowest BCUT2D eigenvalue weighted by Crippen LogP contribution is -2.38. The average molecular weight is 450 g/mol. The van der Waals surface area contributed by atoms with Crippen LogP contribution in [-0.2, 0) is 6.42 Å². The molecule has 0 bridgehead atoms. The third kappa shape index (κ3) is 5.69. The Morgan fingerprint density at radius 1 is 1.09 bits per heavy atom. The van der Waals surface area contributed by atoms with Crippen molar-refractivity contribution >= 4 is 11.7 Å². The summed E-state index contributed by atoms with van der Waals surface area (Å²) < 4.78 is 11.1. The number of benzene rings is 1. The molecule has 0 unspecified atom stereocenters. The highest BCUT2D eigenvalue weighted by molar-refractivity contribution is 5.94. The molecule has 1 fully saturated rings.